The quantitative estimate of drug-likeness (QED) is 0.418. The molecule has 1 aliphatic heterocycles. The summed E-state index contributed by atoms with van der Waals surface area (Å²) >= 11 is 0. The van der Waals surface area contributed by atoms with Crippen LogP contribution in [0.1, 0.15) is 25.5 Å². The van der Waals surface area contributed by atoms with Crippen LogP contribution in [0.15, 0.2) is 74.8 Å². The van der Waals surface area contributed by atoms with E-state index >= 15 is 0 Å². The molecule has 0 aromatic carbocycles. The zero-order chi connectivity index (χ0) is 26.0. The van der Waals surface area contributed by atoms with E-state index in [1.54, 1.807) is 49.8 Å². The maximum atomic E-state index is 13.7. The lowest BCUT2D eigenvalue weighted by Gasteiger charge is -2.36. The molecule has 10 nitrogen and oxygen atoms in total. The van der Waals surface area contributed by atoms with E-state index in [2.05, 4.69) is 37.7 Å². The van der Waals surface area contributed by atoms with Crippen molar-refractivity contribution < 1.29 is 13.6 Å². The number of aryl methyl sites for hydroxylation is 1. The Hall–Kier alpha value is -4.35. The van der Waals surface area contributed by atoms with Crippen molar-refractivity contribution in [3.05, 3.63) is 76.0 Å². The number of alkyl halides is 2. The molecular formula is C24H26F2N8O2. The van der Waals surface area contributed by atoms with Crippen LogP contribution in [-0.2, 0) is 4.79 Å². The van der Waals surface area contributed by atoms with Gasteiger partial charge in [-0.05, 0) is 44.5 Å². The van der Waals surface area contributed by atoms with Gasteiger partial charge in [0.05, 0.1) is 23.5 Å². The van der Waals surface area contributed by atoms with Crippen LogP contribution in [0.4, 0.5) is 14.5 Å². The van der Waals surface area contributed by atoms with Gasteiger partial charge in [0.1, 0.15) is 17.3 Å². The number of pyridine rings is 2. The first kappa shape index (κ1) is 24.8. The number of nitrogens with one attached hydrogen (secondary N) is 3. The average molecular weight is 497 g/mol. The number of aromatic nitrogens is 2. The Balaban J connectivity index is 1.67. The predicted octanol–water partition coefficient (Wildman–Crippen LogP) is 2.49. The van der Waals surface area contributed by atoms with Crippen LogP contribution in [0.2, 0.25) is 0 Å². The zero-order valence-electron chi connectivity index (χ0n) is 20.0. The number of halogens is 2. The molecular weight excluding hydrogens is 470 g/mol. The van der Waals surface area contributed by atoms with Crippen molar-refractivity contribution >= 4 is 24.1 Å². The van der Waals surface area contributed by atoms with Gasteiger partial charge in [0, 0.05) is 38.2 Å². The Bertz CT molecular complexity index is 1340. The summed E-state index contributed by atoms with van der Waals surface area (Å²) in [6, 6.07) is 5.65. The number of amidine groups is 1. The summed E-state index contributed by atoms with van der Waals surface area (Å²) in [6.07, 6.45) is 4.73. The molecule has 1 fully saturated rings. The van der Waals surface area contributed by atoms with E-state index in [9.17, 15) is 18.4 Å². The summed E-state index contributed by atoms with van der Waals surface area (Å²) in [5, 5.41) is 13.5. The van der Waals surface area contributed by atoms with Crippen LogP contribution in [-0.4, -0.2) is 52.0 Å². The number of hydrogen-bond donors (Lipinski definition) is 3. The van der Waals surface area contributed by atoms with Gasteiger partial charge in [-0.2, -0.15) is 10.1 Å². The van der Waals surface area contributed by atoms with E-state index in [0.717, 1.165) is 5.69 Å². The van der Waals surface area contributed by atoms with Crippen LogP contribution in [0.3, 0.4) is 0 Å². The molecule has 1 atom stereocenters. The second-order valence-electron chi connectivity index (χ2n) is 8.38. The van der Waals surface area contributed by atoms with Gasteiger partial charge in [0.15, 0.2) is 5.82 Å². The van der Waals surface area contributed by atoms with Crippen LogP contribution in [0, 0.1) is 6.92 Å². The first-order valence-electron chi connectivity index (χ1n) is 11.2. The number of rotatable bonds is 6. The van der Waals surface area contributed by atoms with Crippen LogP contribution in [0.5, 0.6) is 0 Å². The molecule has 0 unspecified atom stereocenters. The fourth-order valence-corrected chi connectivity index (χ4v) is 3.71. The third-order valence-corrected chi connectivity index (χ3v) is 5.97. The molecule has 3 heterocycles. The van der Waals surface area contributed by atoms with Gasteiger partial charge in [-0.15, -0.1) is 0 Å². The molecule has 36 heavy (non-hydrogen) atoms. The molecule has 188 valence electrons. The Labute approximate surface area is 206 Å². The Morgan fingerprint density at radius 1 is 1.31 bits per heavy atom. The lowest BCUT2D eigenvalue weighted by atomic mass is 9.87. The second-order valence-corrected chi connectivity index (χ2v) is 8.38. The highest BCUT2D eigenvalue weighted by molar-refractivity contribution is 6.06. The molecule has 1 amide bonds. The third kappa shape index (κ3) is 4.74. The number of hydrogen-bond acceptors (Lipinski definition) is 8. The van der Waals surface area contributed by atoms with Crippen LogP contribution in [0.25, 0.3) is 5.69 Å². The largest absolute Gasteiger partial charge is 0.373 e. The number of carbonyl (C=O) groups excluding carboxylic acids is 1. The van der Waals surface area contributed by atoms with E-state index < -0.39 is 17.9 Å². The number of carbonyl (C=O) groups is 1. The number of anilines is 1. The summed E-state index contributed by atoms with van der Waals surface area (Å²) < 4.78 is 28.8. The minimum atomic E-state index is -2.93. The summed E-state index contributed by atoms with van der Waals surface area (Å²) in [7, 11) is 1.63. The van der Waals surface area contributed by atoms with Crippen molar-refractivity contribution in [3.63, 3.8) is 0 Å². The molecule has 0 bridgehead atoms. The van der Waals surface area contributed by atoms with Gasteiger partial charge in [0.25, 0.3) is 17.4 Å². The third-order valence-electron chi connectivity index (χ3n) is 5.97. The predicted molar refractivity (Wildman–Crippen MR) is 133 cm³/mol. The van der Waals surface area contributed by atoms with Crippen molar-refractivity contribution in [2.75, 3.05) is 12.4 Å². The summed E-state index contributed by atoms with van der Waals surface area (Å²) in [6.45, 7) is 6.83. The van der Waals surface area contributed by atoms with Crippen molar-refractivity contribution in [1.29, 1.82) is 0 Å². The topological polar surface area (TPSA) is 116 Å². The molecule has 1 saturated carbocycles. The maximum absolute atomic E-state index is 13.7. The molecule has 2 aromatic rings. The minimum absolute atomic E-state index is 0.0569. The smallest absolute Gasteiger partial charge is 0.278 e. The Kier molecular flexibility index (Phi) is 6.69. The first-order chi connectivity index (χ1) is 17.1. The molecule has 0 saturated heterocycles. The Morgan fingerprint density at radius 2 is 2.08 bits per heavy atom. The van der Waals surface area contributed by atoms with E-state index in [1.165, 1.54) is 16.5 Å². The Morgan fingerprint density at radius 3 is 2.67 bits per heavy atom. The normalized spacial score (nSPS) is 19.9. The molecule has 12 heteroatoms. The highest BCUT2D eigenvalue weighted by Gasteiger charge is 2.49. The van der Waals surface area contributed by atoms with E-state index in [1.807, 2.05) is 6.92 Å². The van der Waals surface area contributed by atoms with Crippen LogP contribution < -0.4 is 21.5 Å². The van der Waals surface area contributed by atoms with Crippen molar-refractivity contribution in [2.24, 2.45) is 10.1 Å². The fraction of sp³-hybridized carbons (Fsp3) is 0.292. The SMILES string of the molecule is C=NN1C(NC)=CC(Nc2cccn(-c3ccc(C)nc3)c2=O)=N/C1=C(/C)C(=O)N[C@H]1CCC1(F)F. The molecule has 2 aliphatic rings. The van der Waals surface area contributed by atoms with Gasteiger partial charge in [-0.3, -0.25) is 19.1 Å². The average Bonchev–Trinajstić information content (AvgIpc) is 2.87. The standard InChI is InChI=1S/C24H26F2N8O2/c1-14-7-8-16(13-29-14)33-11-5-6-17(23(33)36)30-19-12-20(27-3)34(28-4)21(32-19)15(2)22(35)31-18-9-10-24(18,25)26/h5-8,11-13,18,27H,4,9-10H2,1-3H3,(H,30,32)(H,31,35)/b21-15+/t18-/m0/s1. The highest BCUT2D eigenvalue weighted by atomic mass is 19.3. The minimum Gasteiger partial charge on any atom is -0.373 e. The highest BCUT2D eigenvalue weighted by Crippen LogP contribution is 2.37. The maximum Gasteiger partial charge on any atom is 0.278 e. The number of amides is 1. The summed E-state index contributed by atoms with van der Waals surface area (Å²) in [5.74, 6) is -2.93. The van der Waals surface area contributed by atoms with Crippen molar-refractivity contribution in [1.82, 2.24) is 25.2 Å². The molecule has 4 rings (SSSR count). The fourth-order valence-electron chi connectivity index (χ4n) is 3.71. The van der Waals surface area contributed by atoms with Gasteiger partial charge in [0.2, 0.25) is 0 Å². The number of aliphatic imine (C=N–C) groups is 1. The van der Waals surface area contributed by atoms with Gasteiger partial charge in [-0.1, -0.05) is 0 Å². The van der Waals surface area contributed by atoms with Gasteiger partial charge in [-0.25, -0.2) is 13.8 Å². The van der Waals surface area contributed by atoms with Gasteiger partial charge >= 0.3 is 0 Å². The van der Waals surface area contributed by atoms with E-state index in [-0.39, 0.29) is 41.3 Å². The number of hydrazone groups is 1. The van der Waals surface area contributed by atoms with E-state index in [0.29, 0.717) is 11.5 Å². The molecule has 1 aliphatic carbocycles. The molecule has 0 radical (unpaired) electrons. The molecule has 3 N–H and O–H groups in total. The van der Waals surface area contributed by atoms with Crippen LogP contribution >= 0.6 is 0 Å². The lowest BCUT2D eigenvalue weighted by Crippen LogP contribution is -2.55. The lowest BCUT2D eigenvalue weighted by molar-refractivity contribution is -0.133. The van der Waals surface area contributed by atoms with Crippen molar-refractivity contribution in [3.8, 4) is 5.69 Å². The summed E-state index contributed by atoms with van der Waals surface area (Å²) in [5.41, 5.74) is 1.35. The van der Waals surface area contributed by atoms with E-state index in [4.69, 9.17) is 0 Å². The zero-order valence-corrected chi connectivity index (χ0v) is 20.0. The first-order valence-corrected chi connectivity index (χ1v) is 11.2. The molecule has 0 spiro atoms. The second kappa shape index (κ2) is 9.72. The molecule has 2 aromatic heterocycles. The van der Waals surface area contributed by atoms with Gasteiger partial charge < -0.3 is 16.0 Å². The monoisotopic (exact) mass is 496 g/mol. The summed E-state index contributed by atoms with van der Waals surface area (Å²) in [4.78, 5) is 34.6. The number of nitrogens with zero attached hydrogens (tertiary/aromatic N) is 5. The van der Waals surface area contributed by atoms with Crippen molar-refractivity contribution in [2.45, 2.75) is 38.7 Å².